The van der Waals surface area contributed by atoms with Crippen LogP contribution in [0.25, 0.3) is 0 Å². The van der Waals surface area contributed by atoms with E-state index >= 15 is 0 Å². The highest BCUT2D eigenvalue weighted by atomic mass is 32.2. The zero-order valence-corrected chi connectivity index (χ0v) is 12.6. The number of fused-ring (bicyclic) bond motifs is 1. The Balaban J connectivity index is 1.73. The molecule has 0 saturated heterocycles. The quantitative estimate of drug-likeness (QED) is 0.943. The smallest absolute Gasteiger partial charge is 0.175 e. The van der Waals surface area contributed by atoms with Crippen LogP contribution in [0.15, 0.2) is 47.4 Å². The van der Waals surface area contributed by atoms with Crippen LogP contribution in [0.1, 0.15) is 11.1 Å². The largest absolute Gasteiger partial charge is 0.493 e. The van der Waals surface area contributed by atoms with Crippen LogP contribution in [0.5, 0.6) is 5.75 Å². The second-order valence-electron chi connectivity index (χ2n) is 5.19. The van der Waals surface area contributed by atoms with Crippen LogP contribution in [0.2, 0.25) is 0 Å². The molecule has 0 radical (unpaired) electrons. The lowest BCUT2D eigenvalue weighted by Crippen LogP contribution is -2.02. The third kappa shape index (κ3) is 3.19. The number of anilines is 1. The summed E-state index contributed by atoms with van der Waals surface area (Å²) in [5.41, 5.74) is 3.19. The van der Waals surface area contributed by atoms with E-state index in [0.29, 0.717) is 11.4 Å². The Kier molecular flexibility index (Phi) is 3.59. The lowest BCUT2D eigenvalue weighted by atomic mass is 10.1. The highest BCUT2D eigenvalue weighted by Crippen LogP contribution is 2.26. The van der Waals surface area contributed by atoms with Gasteiger partial charge in [0, 0.05) is 24.9 Å². The first-order chi connectivity index (χ1) is 10.0. The molecule has 0 atom stereocenters. The molecule has 5 heteroatoms. The van der Waals surface area contributed by atoms with Gasteiger partial charge in [-0.05, 0) is 35.4 Å². The molecule has 1 aliphatic rings. The molecule has 4 nitrogen and oxygen atoms in total. The molecule has 0 aliphatic carbocycles. The van der Waals surface area contributed by atoms with Gasteiger partial charge in [-0.3, -0.25) is 0 Å². The van der Waals surface area contributed by atoms with Crippen molar-refractivity contribution < 1.29 is 13.2 Å². The molecular formula is C16H17NO3S. The number of rotatable bonds is 4. The van der Waals surface area contributed by atoms with Crippen LogP contribution in [-0.2, 0) is 22.8 Å². The van der Waals surface area contributed by atoms with Gasteiger partial charge in [-0.2, -0.15) is 0 Å². The molecule has 21 heavy (non-hydrogen) atoms. The number of benzene rings is 2. The first-order valence-electron chi connectivity index (χ1n) is 6.81. The Hall–Kier alpha value is -2.01. The van der Waals surface area contributed by atoms with Crippen molar-refractivity contribution in [2.75, 3.05) is 18.2 Å². The summed E-state index contributed by atoms with van der Waals surface area (Å²) in [6.07, 6.45) is 2.17. The van der Waals surface area contributed by atoms with Crippen LogP contribution in [-0.4, -0.2) is 21.3 Å². The summed E-state index contributed by atoms with van der Waals surface area (Å²) >= 11 is 0. The Morgan fingerprint density at radius 2 is 2.05 bits per heavy atom. The summed E-state index contributed by atoms with van der Waals surface area (Å²) in [6, 6.07) is 13.0. The maximum absolute atomic E-state index is 11.5. The molecule has 2 aromatic carbocycles. The molecule has 1 aliphatic heterocycles. The minimum atomic E-state index is -3.17. The first-order valence-corrected chi connectivity index (χ1v) is 8.70. The van der Waals surface area contributed by atoms with Crippen molar-refractivity contribution in [3.05, 3.63) is 53.6 Å². The summed E-state index contributed by atoms with van der Waals surface area (Å²) in [6.45, 7) is 1.41. The topological polar surface area (TPSA) is 55.4 Å². The van der Waals surface area contributed by atoms with E-state index in [2.05, 4.69) is 11.4 Å². The third-order valence-corrected chi connectivity index (χ3v) is 4.62. The van der Waals surface area contributed by atoms with E-state index in [-0.39, 0.29) is 0 Å². The summed E-state index contributed by atoms with van der Waals surface area (Å²) < 4.78 is 28.6. The molecule has 0 spiro atoms. The lowest BCUT2D eigenvalue weighted by Gasteiger charge is -2.09. The maximum Gasteiger partial charge on any atom is 0.175 e. The summed E-state index contributed by atoms with van der Waals surface area (Å²) in [4.78, 5) is 0.329. The van der Waals surface area contributed by atoms with Gasteiger partial charge >= 0.3 is 0 Å². The van der Waals surface area contributed by atoms with Crippen LogP contribution in [0.4, 0.5) is 5.69 Å². The normalized spacial score (nSPS) is 13.6. The van der Waals surface area contributed by atoms with E-state index in [0.717, 1.165) is 30.0 Å². The predicted molar refractivity (Wildman–Crippen MR) is 82.5 cm³/mol. The molecule has 0 saturated carbocycles. The molecule has 3 rings (SSSR count). The van der Waals surface area contributed by atoms with Gasteiger partial charge in [0.2, 0.25) is 0 Å². The minimum Gasteiger partial charge on any atom is -0.493 e. The SMILES string of the molecule is CS(=O)(=O)c1cccc(NCc2ccc3c(c2)CCO3)c1. The monoisotopic (exact) mass is 303 g/mol. The van der Waals surface area contributed by atoms with Gasteiger partial charge in [-0.15, -0.1) is 0 Å². The van der Waals surface area contributed by atoms with Crippen LogP contribution < -0.4 is 10.1 Å². The van der Waals surface area contributed by atoms with Crippen molar-refractivity contribution in [2.24, 2.45) is 0 Å². The summed E-state index contributed by atoms with van der Waals surface area (Å²) in [7, 11) is -3.17. The molecule has 0 bridgehead atoms. The molecule has 0 aromatic heterocycles. The number of hydrogen-bond donors (Lipinski definition) is 1. The number of ether oxygens (including phenoxy) is 1. The molecule has 1 N–H and O–H groups in total. The van der Waals surface area contributed by atoms with Gasteiger partial charge in [0.1, 0.15) is 5.75 Å². The molecule has 110 valence electrons. The molecule has 0 amide bonds. The molecule has 0 fully saturated rings. The van der Waals surface area contributed by atoms with Crippen molar-refractivity contribution in [1.82, 2.24) is 0 Å². The van der Waals surface area contributed by atoms with Crippen molar-refractivity contribution in [3.63, 3.8) is 0 Å². The third-order valence-electron chi connectivity index (χ3n) is 3.51. The Bertz CT molecular complexity index is 769. The molecule has 2 aromatic rings. The van der Waals surface area contributed by atoms with Gasteiger partial charge in [0.25, 0.3) is 0 Å². The van der Waals surface area contributed by atoms with Gasteiger partial charge in [-0.25, -0.2) is 8.42 Å². The van der Waals surface area contributed by atoms with Crippen molar-refractivity contribution in [1.29, 1.82) is 0 Å². The zero-order valence-electron chi connectivity index (χ0n) is 11.8. The highest BCUT2D eigenvalue weighted by molar-refractivity contribution is 7.90. The van der Waals surface area contributed by atoms with Crippen LogP contribution in [0, 0.1) is 0 Å². The minimum absolute atomic E-state index is 0.329. The summed E-state index contributed by atoms with van der Waals surface area (Å²) in [5.74, 6) is 0.970. The molecule has 1 heterocycles. The highest BCUT2D eigenvalue weighted by Gasteiger charge is 2.12. The van der Waals surface area contributed by atoms with E-state index in [1.165, 1.54) is 11.8 Å². The molecular weight excluding hydrogens is 286 g/mol. The number of nitrogens with one attached hydrogen (secondary N) is 1. The second-order valence-corrected chi connectivity index (χ2v) is 7.21. The Labute approximate surface area is 124 Å². The fourth-order valence-corrected chi connectivity index (χ4v) is 3.06. The van der Waals surface area contributed by atoms with Crippen molar-refractivity contribution >= 4 is 15.5 Å². The average Bonchev–Trinajstić information content (AvgIpc) is 2.92. The Morgan fingerprint density at radius 3 is 2.86 bits per heavy atom. The van der Waals surface area contributed by atoms with Gasteiger partial charge in [-0.1, -0.05) is 18.2 Å². The van der Waals surface area contributed by atoms with Crippen LogP contribution in [0.3, 0.4) is 0 Å². The fourth-order valence-electron chi connectivity index (χ4n) is 2.39. The maximum atomic E-state index is 11.5. The average molecular weight is 303 g/mol. The summed E-state index contributed by atoms with van der Waals surface area (Å²) in [5, 5.41) is 3.26. The predicted octanol–water partition coefficient (Wildman–Crippen LogP) is 2.64. The first kappa shape index (κ1) is 13.9. The van der Waals surface area contributed by atoms with Gasteiger partial charge in [0.05, 0.1) is 11.5 Å². The lowest BCUT2D eigenvalue weighted by molar-refractivity contribution is 0.357. The van der Waals surface area contributed by atoms with E-state index in [1.807, 2.05) is 18.2 Å². The van der Waals surface area contributed by atoms with Gasteiger partial charge in [0.15, 0.2) is 9.84 Å². The fraction of sp³-hybridized carbons (Fsp3) is 0.250. The van der Waals surface area contributed by atoms with E-state index in [9.17, 15) is 8.42 Å². The standard InChI is InChI=1S/C16H17NO3S/c1-21(18,19)15-4-2-3-14(10-15)17-11-12-5-6-16-13(9-12)7-8-20-16/h2-6,9-10,17H,7-8,11H2,1H3. The van der Waals surface area contributed by atoms with Gasteiger partial charge < -0.3 is 10.1 Å². The number of sulfone groups is 1. The molecule has 0 unspecified atom stereocenters. The second kappa shape index (κ2) is 5.41. The van der Waals surface area contributed by atoms with E-state index in [1.54, 1.807) is 18.2 Å². The van der Waals surface area contributed by atoms with Crippen LogP contribution >= 0.6 is 0 Å². The zero-order chi connectivity index (χ0) is 14.9. The van der Waals surface area contributed by atoms with E-state index in [4.69, 9.17) is 4.74 Å². The number of hydrogen-bond acceptors (Lipinski definition) is 4. The Morgan fingerprint density at radius 1 is 1.19 bits per heavy atom. The van der Waals surface area contributed by atoms with E-state index < -0.39 is 9.84 Å². The van der Waals surface area contributed by atoms with Crippen molar-refractivity contribution in [2.45, 2.75) is 17.9 Å². The van der Waals surface area contributed by atoms with Crippen molar-refractivity contribution in [3.8, 4) is 5.75 Å².